The average Bonchev–Trinajstić information content (AvgIpc) is 2.27. The van der Waals surface area contributed by atoms with E-state index < -0.39 is 11.7 Å². The second kappa shape index (κ2) is 7.50. The molecule has 1 aromatic carbocycles. The van der Waals surface area contributed by atoms with Gasteiger partial charge in [0, 0.05) is 6.54 Å². The molecule has 2 N–H and O–H groups in total. The van der Waals surface area contributed by atoms with Crippen molar-refractivity contribution in [3.05, 3.63) is 35.4 Å². The summed E-state index contributed by atoms with van der Waals surface area (Å²) in [7, 11) is 3.98. The second-order valence-corrected chi connectivity index (χ2v) is 5.74. The van der Waals surface area contributed by atoms with Crippen molar-refractivity contribution in [1.82, 2.24) is 0 Å². The van der Waals surface area contributed by atoms with Crippen molar-refractivity contribution in [3.8, 4) is 0 Å². The maximum absolute atomic E-state index is 12.4. The fourth-order valence-corrected chi connectivity index (χ4v) is 2.38. The van der Waals surface area contributed by atoms with E-state index in [2.05, 4.69) is 0 Å². The number of nitrogens with zero attached hydrogens (tertiary/aromatic N) is 1. The summed E-state index contributed by atoms with van der Waals surface area (Å²) in [6.07, 6.45) is -4.31. The van der Waals surface area contributed by atoms with Gasteiger partial charge in [0.2, 0.25) is 0 Å². The summed E-state index contributed by atoms with van der Waals surface area (Å²) in [6.45, 7) is 1.93. The van der Waals surface area contributed by atoms with E-state index in [1.165, 1.54) is 12.1 Å². The minimum absolute atomic E-state index is 0. The first-order valence-corrected chi connectivity index (χ1v) is 6.43. The van der Waals surface area contributed by atoms with Crippen molar-refractivity contribution in [2.75, 3.05) is 33.7 Å². The number of alkyl halides is 4. The zero-order valence-corrected chi connectivity index (χ0v) is 13.0. The third kappa shape index (κ3) is 5.87. The summed E-state index contributed by atoms with van der Waals surface area (Å²) < 4.78 is 38.0. The Bertz CT molecular complexity index is 405. The number of rotatable bonds is 5. The Kier molecular flexibility index (Phi) is 7.32. The van der Waals surface area contributed by atoms with Crippen molar-refractivity contribution in [1.29, 1.82) is 0 Å². The molecule has 116 valence electrons. The SMILES string of the molecule is C[N+](C)(CCN)CC(Cl)c1ccc(C(F)(F)F)cc1.Cl. The maximum Gasteiger partial charge on any atom is 0.416 e. The lowest BCUT2D eigenvalue weighted by atomic mass is 10.1. The highest BCUT2D eigenvalue weighted by Gasteiger charge is 2.30. The minimum atomic E-state index is -4.31. The molecule has 0 amide bonds. The first kappa shape index (κ1) is 19.5. The van der Waals surface area contributed by atoms with Gasteiger partial charge in [-0.15, -0.1) is 24.0 Å². The summed E-state index contributed by atoms with van der Waals surface area (Å²) in [5.41, 5.74) is 5.55. The van der Waals surface area contributed by atoms with E-state index in [9.17, 15) is 13.2 Å². The smallest absolute Gasteiger partial charge is 0.326 e. The lowest BCUT2D eigenvalue weighted by molar-refractivity contribution is -0.889. The van der Waals surface area contributed by atoms with Gasteiger partial charge in [-0.05, 0) is 17.7 Å². The van der Waals surface area contributed by atoms with Crippen molar-refractivity contribution < 1.29 is 17.7 Å². The van der Waals surface area contributed by atoms with Crippen LogP contribution < -0.4 is 5.73 Å². The van der Waals surface area contributed by atoms with Crippen molar-refractivity contribution in [2.45, 2.75) is 11.6 Å². The second-order valence-electron chi connectivity index (χ2n) is 5.22. The van der Waals surface area contributed by atoms with Gasteiger partial charge in [0.05, 0.1) is 32.7 Å². The zero-order valence-electron chi connectivity index (χ0n) is 11.5. The van der Waals surface area contributed by atoms with Crippen LogP contribution in [0.15, 0.2) is 24.3 Å². The van der Waals surface area contributed by atoms with Crippen molar-refractivity contribution in [3.63, 3.8) is 0 Å². The number of benzene rings is 1. The minimum Gasteiger partial charge on any atom is -0.326 e. The molecule has 1 atom stereocenters. The third-order valence-corrected chi connectivity index (χ3v) is 3.38. The highest BCUT2D eigenvalue weighted by atomic mass is 35.5. The van der Waals surface area contributed by atoms with Gasteiger partial charge in [-0.3, -0.25) is 0 Å². The van der Waals surface area contributed by atoms with E-state index in [1.807, 2.05) is 14.1 Å². The van der Waals surface area contributed by atoms with Crippen molar-refractivity contribution >= 4 is 24.0 Å². The fourth-order valence-electron chi connectivity index (χ4n) is 1.86. The van der Waals surface area contributed by atoms with Crippen LogP contribution in [0.4, 0.5) is 13.2 Å². The molecule has 1 unspecified atom stereocenters. The van der Waals surface area contributed by atoms with E-state index in [0.717, 1.165) is 18.7 Å². The predicted octanol–water partition coefficient (Wildman–Crippen LogP) is 3.44. The number of nitrogens with two attached hydrogens (primary N) is 1. The number of quaternary nitrogens is 1. The molecule has 0 saturated heterocycles. The van der Waals surface area contributed by atoms with E-state index in [-0.39, 0.29) is 17.8 Å². The lowest BCUT2D eigenvalue weighted by Gasteiger charge is -2.31. The van der Waals surface area contributed by atoms with Gasteiger partial charge in [0.1, 0.15) is 5.38 Å². The molecule has 0 aliphatic heterocycles. The van der Waals surface area contributed by atoms with Crippen LogP contribution in [0.5, 0.6) is 0 Å². The normalized spacial score (nSPS) is 13.8. The molecule has 1 rings (SSSR count). The summed E-state index contributed by atoms with van der Waals surface area (Å²) in [4.78, 5) is 0. The molecular formula is C13H20Cl2F3N2+. The molecular weight excluding hydrogens is 312 g/mol. The Labute approximate surface area is 128 Å². The number of hydrogen-bond acceptors (Lipinski definition) is 1. The molecule has 0 heterocycles. The Morgan fingerprint density at radius 2 is 1.70 bits per heavy atom. The van der Waals surface area contributed by atoms with Gasteiger partial charge >= 0.3 is 6.18 Å². The summed E-state index contributed by atoms with van der Waals surface area (Å²) in [5.74, 6) is 0. The molecule has 0 radical (unpaired) electrons. The van der Waals surface area contributed by atoms with Gasteiger partial charge in [-0.2, -0.15) is 13.2 Å². The lowest BCUT2D eigenvalue weighted by Crippen LogP contribution is -2.45. The van der Waals surface area contributed by atoms with Gasteiger partial charge < -0.3 is 10.2 Å². The van der Waals surface area contributed by atoms with Gasteiger partial charge in [-0.1, -0.05) is 12.1 Å². The Morgan fingerprint density at radius 1 is 1.20 bits per heavy atom. The van der Waals surface area contributed by atoms with Crippen LogP contribution in [-0.4, -0.2) is 38.2 Å². The van der Waals surface area contributed by atoms with E-state index in [4.69, 9.17) is 17.3 Å². The summed E-state index contributed by atoms with van der Waals surface area (Å²) >= 11 is 6.26. The largest absolute Gasteiger partial charge is 0.416 e. The predicted molar refractivity (Wildman–Crippen MR) is 78.2 cm³/mol. The molecule has 0 aromatic heterocycles. The van der Waals surface area contributed by atoms with Crippen LogP contribution >= 0.6 is 24.0 Å². The van der Waals surface area contributed by atoms with Crippen LogP contribution in [0.1, 0.15) is 16.5 Å². The first-order chi connectivity index (χ1) is 8.65. The van der Waals surface area contributed by atoms with Crippen LogP contribution in [0.25, 0.3) is 0 Å². The first-order valence-electron chi connectivity index (χ1n) is 5.99. The van der Waals surface area contributed by atoms with E-state index in [1.54, 1.807) is 0 Å². The maximum atomic E-state index is 12.4. The van der Waals surface area contributed by atoms with Crippen LogP contribution in [0.3, 0.4) is 0 Å². The number of likely N-dealkylation sites (N-methyl/N-ethyl adjacent to an activating group) is 1. The summed E-state index contributed by atoms with van der Waals surface area (Å²) in [6, 6.07) is 4.99. The molecule has 1 aromatic rings. The number of halogens is 5. The van der Waals surface area contributed by atoms with E-state index in [0.29, 0.717) is 23.1 Å². The third-order valence-electron chi connectivity index (χ3n) is 2.99. The fraction of sp³-hybridized carbons (Fsp3) is 0.538. The Balaban J connectivity index is 0.00000361. The molecule has 0 fully saturated rings. The molecule has 20 heavy (non-hydrogen) atoms. The molecule has 0 aliphatic rings. The van der Waals surface area contributed by atoms with E-state index >= 15 is 0 Å². The van der Waals surface area contributed by atoms with Gasteiger partial charge in [-0.25, -0.2) is 0 Å². The molecule has 0 aliphatic carbocycles. The van der Waals surface area contributed by atoms with Crippen LogP contribution in [-0.2, 0) is 6.18 Å². The summed E-state index contributed by atoms with van der Waals surface area (Å²) in [5, 5.41) is -0.330. The van der Waals surface area contributed by atoms with Crippen LogP contribution in [0.2, 0.25) is 0 Å². The van der Waals surface area contributed by atoms with Gasteiger partial charge in [0.15, 0.2) is 0 Å². The Morgan fingerprint density at radius 3 is 2.10 bits per heavy atom. The molecule has 0 spiro atoms. The zero-order chi connectivity index (χ0) is 14.7. The van der Waals surface area contributed by atoms with Crippen molar-refractivity contribution in [2.24, 2.45) is 5.73 Å². The monoisotopic (exact) mass is 331 g/mol. The Hall–Kier alpha value is -0.490. The molecule has 7 heteroatoms. The highest BCUT2D eigenvalue weighted by Crippen LogP contribution is 2.31. The molecule has 2 nitrogen and oxygen atoms in total. The molecule has 0 saturated carbocycles. The average molecular weight is 332 g/mol. The molecule has 0 bridgehead atoms. The van der Waals surface area contributed by atoms with Gasteiger partial charge in [0.25, 0.3) is 0 Å². The quantitative estimate of drug-likeness (QED) is 0.649. The van der Waals surface area contributed by atoms with Crippen LogP contribution in [0, 0.1) is 0 Å². The number of hydrogen-bond donors (Lipinski definition) is 1. The highest BCUT2D eigenvalue weighted by molar-refractivity contribution is 6.20. The topological polar surface area (TPSA) is 26.0 Å². The standard InChI is InChI=1S/C13H19ClF3N2.ClH/c1-19(2,8-7-18)9-12(14)10-3-5-11(6-4-10)13(15,16)17;/h3-6,12H,7-9,18H2,1-2H3;1H/q+1;.